The van der Waals surface area contributed by atoms with Crippen LogP contribution in [0.3, 0.4) is 0 Å². The van der Waals surface area contributed by atoms with E-state index in [-0.39, 0.29) is 36.1 Å². The minimum Gasteiger partial charge on any atom is -0.490 e. The molecule has 1 fully saturated rings. The SMILES string of the molecule is CC(=O)c1ccc(OC2CCN(C(=O)[C@@H](N)C(C)C)CC2)cc1.Cl. The zero-order chi connectivity index (χ0) is 17.0. The third-order valence-electron chi connectivity index (χ3n) is 4.32. The summed E-state index contributed by atoms with van der Waals surface area (Å²) in [6.07, 6.45) is 1.69. The Kier molecular flexibility index (Phi) is 7.70. The van der Waals surface area contributed by atoms with Crippen molar-refractivity contribution in [3.63, 3.8) is 0 Å². The Hall–Kier alpha value is -1.59. The molecule has 5 nitrogen and oxygen atoms in total. The summed E-state index contributed by atoms with van der Waals surface area (Å²) in [6, 6.07) is 6.77. The smallest absolute Gasteiger partial charge is 0.239 e. The van der Waals surface area contributed by atoms with E-state index in [1.54, 1.807) is 19.1 Å². The summed E-state index contributed by atoms with van der Waals surface area (Å²) < 4.78 is 5.95. The number of carbonyl (C=O) groups is 2. The summed E-state index contributed by atoms with van der Waals surface area (Å²) in [6.45, 7) is 6.82. The van der Waals surface area contributed by atoms with Crippen LogP contribution in [0.5, 0.6) is 5.75 Å². The van der Waals surface area contributed by atoms with Crippen LogP contribution < -0.4 is 10.5 Å². The third-order valence-corrected chi connectivity index (χ3v) is 4.32. The number of ether oxygens (including phenoxy) is 1. The number of benzene rings is 1. The van der Waals surface area contributed by atoms with Crippen LogP contribution in [0.2, 0.25) is 0 Å². The first kappa shape index (κ1) is 20.5. The highest BCUT2D eigenvalue weighted by atomic mass is 35.5. The van der Waals surface area contributed by atoms with Crippen LogP contribution in [0.1, 0.15) is 44.0 Å². The minimum atomic E-state index is -0.424. The standard InChI is InChI=1S/C18H26N2O3.ClH/c1-12(2)17(19)18(22)20-10-8-16(9-11-20)23-15-6-4-14(5-7-15)13(3)21;/h4-7,12,16-17H,8-11,19H2,1-3H3;1H/t17-;/m0./s1. The molecule has 1 atom stereocenters. The molecule has 0 aliphatic carbocycles. The van der Waals surface area contributed by atoms with Crippen molar-refractivity contribution in [1.29, 1.82) is 0 Å². The number of carbonyl (C=O) groups excluding carboxylic acids is 2. The highest BCUT2D eigenvalue weighted by Gasteiger charge is 2.28. The van der Waals surface area contributed by atoms with Crippen molar-refractivity contribution in [2.24, 2.45) is 11.7 Å². The summed E-state index contributed by atoms with van der Waals surface area (Å²) >= 11 is 0. The highest BCUT2D eigenvalue weighted by molar-refractivity contribution is 5.94. The van der Waals surface area contributed by atoms with Gasteiger partial charge in [-0.25, -0.2) is 0 Å². The summed E-state index contributed by atoms with van der Waals surface area (Å²) in [5, 5.41) is 0. The Balaban J connectivity index is 0.00000288. The van der Waals surface area contributed by atoms with Gasteiger partial charge in [0.25, 0.3) is 0 Å². The van der Waals surface area contributed by atoms with Crippen molar-refractivity contribution < 1.29 is 14.3 Å². The Morgan fingerprint density at radius 3 is 2.17 bits per heavy atom. The number of rotatable bonds is 5. The number of Topliss-reactive ketones (excluding diaryl/α,β-unsaturated/α-hetero) is 1. The molecular formula is C18H27ClN2O3. The van der Waals surface area contributed by atoms with Gasteiger partial charge in [0.2, 0.25) is 5.91 Å². The van der Waals surface area contributed by atoms with Gasteiger partial charge in [-0.15, -0.1) is 12.4 Å². The number of hydrogen-bond acceptors (Lipinski definition) is 4. The van der Waals surface area contributed by atoms with Gasteiger partial charge in [-0.1, -0.05) is 13.8 Å². The number of ketones is 1. The second-order valence-corrected chi connectivity index (χ2v) is 6.49. The monoisotopic (exact) mass is 354 g/mol. The summed E-state index contributed by atoms with van der Waals surface area (Å²) in [5.41, 5.74) is 6.62. The van der Waals surface area contributed by atoms with E-state index in [0.29, 0.717) is 18.7 Å². The lowest BCUT2D eigenvalue weighted by atomic mass is 10.0. The van der Waals surface area contributed by atoms with Crippen molar-refractivity contribution in [3.8, 4) is 5.75 Å². The molecule has 1 aromatic rings. The Bertz CT molecular complexity index is 552. The van der Waals surface area contributed by atoms with E-state index in [2.05, 4.69) is 0 Å². The largest absolute Gasteiger partial charge is 0.490 e. The molecule has 1 saturated heterocycles. The molecule has 0 aromatic heterocycles. The lowest BCUT2D eigenvalue weighted by Gasteiger charge is -2.34. The predicted octanol–water partition coefficient (Wildman–Crippen LogP) is 2.66. The number of likely N-dealkylation sites (tertiary alicyclic amines) is 1. The summed E-state index contributed by atoms with van der Waals surface area (Å²) in [5.74, 6) is 0.990. The Morgan fingerprint density at radius 2 is 1.71 bits per heavy atom. The van der Waals surface area contributed by atoms with Crippen molar-refractivity contribution in [2.75, 3.05) is 13.1 Å². The van der Waals surface area contributed by atoms with Crippen molar-refractivity contribution in [1.82, 2.24) is 4.90 Å². The molecule has 1 heterocycles. The zero-order valence-electron chi connectivity index (χ0n) is 14.5. The number of amides is 1. The van der Waals surface area contributed by atoms with E-state index in [0.717, 1.165) is 18.6 Å². The molecule has 0 unspecified atom stereocenters. The fourth-order valence-corrected chi connectivity index (χ4v) is 2.65. The van der Waals surface area contributed by atoms with Crippen molar-refractivity contribution >= 4 is 24.1 Å². The first-order chi connectivity index (χ1) is 10.9. The highest BCUT2D eigenvalue weighted by Crippen LogP contribution is 2.20. The fourth-order valence-electron chi connectivity index (χ4n) is 2.65. The van der Waals surface area contributed by atoms with Crippen LogP contribution in [-0.2, 0) is 4.79 Å². The molecular weight excluding hydrogens is 328 g/mol. The predicted molar refractivity (Wildman–Crippen MR) is 96.7 cm³/mol. The molecule has 1 aliphatic rings. The van der Waals surface area contributed by atoms with Crippen LogP contribution in [-0.4, -0.2) is 41.8 Å². The molecule has 24 heavy (non-hydrogen) atoms. The molecule has 2 rings (SSSR count). The first-order valence-corrected chi connectivity index (χ1v) is 8.20. The molecule has 0 bridgehead atoms. The van der Waals surface area contributed by atoms with Gasteiger partial charge in [-0.3, -0.25) is 9.59 Å². The molecule has 1 aliphatic heterocycles. The van der Waals surface area contributed by atoms with Crippen LogP contribution in [0.4, 0.5) is 0 Å². The second-order valence-electron chi connectivity index (χ2n) is 6.49. The van der Waals surface area contributed by atoms with Gasteiger partial charge in [0, 0.05) is 31.5 Å². The summed E-state index contributed by atoms with van der Waals surface area (Å²) in [4.78, 5) is 25.3. The van der Waals surface area contributed by atoms with E-state index >= 15 is 0 Å². The fraction of sp³-hybridized carbons (Fsp3) is 0.556. The van der Waals surface area contributed by atoms with E-state index < -0.39 is 6.04 Å². The van der Waals surface area contributed by atoms with Gasteiger partial charge in [0.15, 0.2) is 5.78 Å². The number of piperidine rings is 1. The molecule has 0 radical (unpaired) electrons. The number of nitrogens with zero attached hydrogens (tertiary/aromatic N) is 1. The average Bonchev–Trinajstić information content (AvgIpc) is 2.54. The normalized spacial score (nSPS) is 16.5. The van der Waals surface area contributed by atoms with E-state index in [9.17, 15) is 9.59 Å². The van der Waals surface area contributed by atoms with Gasteiger partial charge >= 0.3 is 0 Å². The maximum atomic E-state index is 12.2. The van der Waals surface area contributed by atoms with E-state index in [1.807, 2.05) is 30.9 Å². The zero-order valence-corrected chi connectivity index (χ0v) is 15.3. The lowest BCUT2D eigenvalue weighted by Crippen LogP contribution is -2.50. The second kappa shape index (κ2) is 9.04. The quantitative estimate of drug-likeness (QED) is 0.825. The average molecular weight is 355 g/mol. The maximum absolute atomic E-state index is 12.2. The first-order valence-electron chi connectivity index (χ1n) is 8.20. The topological polar surface area (TPSA) is 72.6 Å². The van der Waals surface area contributed by atoms with Crippen LogP contribution in [0.15, 0.2) is 24.3 Å². The van der Waals surface area contributed by atoms with Gasteiger partial charge in [0.1, 0.15) is 11.9 Å². The van der Waals surface area contributed by atoms with Crippen LogP contribution in [0.25, 0.3) is 0 Å². The Labute approximate surface area is 149 Å². The molecule has 0 saturated carbocycles. The van der Waals surface area contributed by atoms with E-state index in [4.69, 9.17) is 10.5 Å². The van der Waals surface area contributed by atoms with Crippen LogP contribution in [0, 0.1) is 5.92 Å². The molecule has 6 heteroatoms. The van der Waals surface area contributed by atoms with E-state index in [1.165, 1.54) is 0 Å². The minimum absolute atomic E-state index is 0. The Morgan fingerprint density at radius 1 is 1.17 bits per heavy atom. The molecule has 1 amide bonds. The van der Waals surface area contributed by atoms with Gasteiger partial charge in [-0.2, -0.15) is 0 Å². The van der Waals surface area contributed by atoms with Crippen LogP contribution >= 0.6 is 12.4 Å². The maximum Gasteiger partial charge on any atom is 0.239 e. The number of hydrogen-bond donors (Lipinski definition) is 1. The number of nitrogens with two attached hydrogens (primary N) is 1. The lowest BCUT2D eigenvalue weighted by molar-refractivity contribution is -0.135. The molecule has 1 aromatic carbocycles. The van der Waals surface area contributed by atoms with Gasteiger partial charge in [0.05, 0.1) is 6.04 Å². The third kappa shape index (κ3) is 5.21. The van der Waals surface area contributed by atoms with Crippen molar-refractivity contribution in [2.45, 2.75) is 45.8 Å². The number of halogens is 1. The van der Waals surface area contributed by atoms with Crippen molar-refractivity contribution in [3.05, 3.63) is 29.8 Å². The molecule has 134 valence electrons. The molecule has 2 N–H and O–H groups in total. The van der Waals surface area contributed by atoms with Gasteiger partial charge < -0.3 is 15.4 Å². The summed E-state index contributed by atoms with van der Waals surface area (Å²) in [7, 11) is 0. The molecule has 0 spiro atoms. The van der Waals surface area contributed by atoms with Gasteiger partial charge in [-0.05, 0) is 37.1 Å².